The molecule has 3 rings (SSSR count). The molecule has 33 heavy (non-hydrogen) atoms. The van der Waals surface area contributed by atoms with E-state index in [0.717, 1.165) is 12.8 Å². The summed E-state index contributed by atoms with van der Waals surface area (Å²) in [6.07, 6.45) is 2.50. The zero-order chi connectivity index (χ0) is 24.2. The second-order valence-electron chi connectivity index (χ2n) is 7.92. The van der Waals surface area contributed by atoms with Gasteiger partial charge in [0.05, 0.1) is 18.6 Å². The van der Waals surface area contributed by atoms with Crippen LogP contribution in [0.2, 0.25) is 0 Å². The third kappa shape index (κ3) is 5.62. The molecule has 0 amide bonds. The van der Waals surface area contributed by atoms with E-state index in [9.17, 15) is 17.6 Å². The average Bonchev–Trinajstić information content (AvgIpc) is 2.86. The Morgan fingerprint density at radius 1 is 1.27 bits per heavy atom. The Morgan fingerprint density at radius 3 is 2.58 bits per heavy atom. The van der Waals surface area contributed by atoms with Crippen LogP contribution in [0.5, 0.6) is 5.75 Å². The van der Waals surface area contributed by atoms with Crippen LogP contribution in [0.25, 0.3) is 0 Å². The van der Waals surface area contributed by atoms with Gasteiger partial charge in [-0.05, 0) is 36.8 Å². The number of rotatable bonds is 9. The number of likely N-dealkylation sites (N-methyl/N-ethyl adjacent to an activating group) is 1. The minimum atomic E-state index is -3.84. The van der Waals surface area contributed by atoms with Crippen molar-refractivity contribution < 1.29 is 27.4 Å². The number of aliphatic carboxylic acids is 1. The van der Waals surface area contributed by atoms with Crippen LogP contribution in [0.4, 0.5) is 15.8 Å². The van der Waals surface area contributed by atoms with Crippen LogP contribution >= 0.6 is 11.8 Å². The zero-order valence-electron chi connectivity index (χ0n) is 19.0. The van der Waals surface area contributed by atoms with Crippen LogP contribution < -0.4 is 9.64 Å². The van der Waals surface area contributed by atoms with E-state index in [1.54, 1.807) is 31.3 Å². The molecule has 1 unspecified atom stereocenters. The first-order valence-electron chi connectivity index (χ1n) is 10.7. The molecular formula is C23H29FN2O5S2. The summed E-state index contributed by atoms with van der Waals surface area (Å²) >= 11 is 1.17. The van der Waals surface area contributed by atoms with Gasteiger partial charge >= 0.3 is 5.97 Å². The Bertz CT molecular complexity index is 1090. The molecule has 7 nitrogen and oxygen atoms in total. The number of methoxy groups -OCH3 is 1. The average molecular weight is 497 g/mol. The van der Waals surface area contributed by atoms with Crippen LogP contribution in [0.1, 0.15) is 31.7 Å². The number of hydrogen-bond donors (Lipinski definition) is 1. The van der Waals surface area contributed by atoms with Crippen molar-refractivity contribution in [3.8, 4) is 5.75 Å². The van der Waals surface area contributed by atoms with E-state index < -0.39 is 16.0 Å². The highest BCUT2D eigenvalue weighted by Gasteiger charge is 2.37. The normalized spacial score (nSPS) is 17.9. The number of hydrogen-bond acceptors (Lipinski definition) is 6. The molecule has 0 saturated heterocycles. The lowest BCUT2D eigenvalue weighted by atomic mass is 10.1. The summed E-state index contributed by atoms with van der Waals surface area (Å²) in [6, 6.07) is 8.97. The first kappa shape index (κ1) is 25.3. The molecule has 1 aliphatic rings. The summed E-state index contributed by atoms with van der Waals surface area (Å²) in [6.45, 7) is 2.47. The van der Waals surface area contributed by atoms with Gasteiger partial charge in [0, 0.05) is 42.7 Å². The minimum Gasteiger partial charge on any atom is -0.496 e. The van der Waals surface area contributed by atoms with Crippen LogP contribution in [0.3, 0.4) is 0 Å². The van der Waals surface area contributed by atoms with Gasteiger partial charge in [-0.25, -0.2) is 12.8 Å². The Hall–Kier alpha value is -2.30. The Balaban J connectivity index is 2.17. The van der Waals surface area contributed by atoms with Crippen LogP contribution in [0.15, 0.2) is 41.3 Å². The molecule has 1 heterocycles. The fourth-order valence-corrected chi connectivity index (χ4v) is 6.24. The molecular weight excluding hydrogens is 467 g/mol. The van der Waals surface area contributed by atoms with Crippen LogP contribution in [0, 0.1) is 5.82 Å². The van der Waals surface area contributed by atoms with Gasteiger partial charge in [0.25, 0.3) is 0 Å². The lowest BCUT2D eigenvalue weighted by Crippen LogP contribution is -2.40. The molecule has 0 aliphatic carbocycles. The first-order valence-corrected chi connectivity index (χ1v) is 13.3. The molecule has 180 valence electrons. The largest absolute Gasteiger partial charge is 0.496 e. The summed E-state index contributed by atoms with van der Waals surface area (Å²) in [5.41, 5.74) is 1.74. The monoisotopic (exact) mass is 496 g/mol. The van der Waals surface area contributed by atoms with Crippen molar-refractivity contribution in [3.63, 3.8) is 0 Å². The number of anilines is 2. The van der Waals surface area contributed by atoms with E-state index in [-0.39, 0.29) is 28.3 Å². The van der Waals surface area contributed by atoms with Gasteiger partial charge in [0.15, 0.2) is 0 Å². The Morgan fingerprint density at radius 2 is 1.97 bits per heavy atom. The molecule has 1 aliphatic heterocycles. The summed E-state index contributed by atoms with van der Waals surface area (Å²) in [5, 5.41) is 8.96. The van der Waals surface area contributed by atoms with Gasteiger partial charge in [-0.2, -0.15) is 4.31 Å². The maximum absolute atomic E-state index is 13.7. The highest BCUT2D eigenvalue weighted by atomic mass is 32.2. The van der Waals surface area contributed by atoms with E-state index in [4.69, 9.17) is 9.84 Å². The Labute approximate surface area is 198 Å². The topological polar surface area (TPSA) is 87.1 Å². The second kappa shape index (κ2) is 10.8. The number of unbranched alkanes of at least 4 members (excludes halogenated alkanes) is 1. The van der Waals surface area contributed by atoms with Crippen molar-refractivity contribution in [1.82, 2.24) is 4.31 Å². The first-order chi connectivity index (χ1) is 15.7. The quantitative estimate of drug-likeness (QED) is 0.548. The van der Waals surface area contributed by atoms with Crippen LogP contribution in [-0.2, 0) is 20.6 Å². The maximum Gasteiger partial charge on any atom is 0.313 e. The van der Waals surface area contributed by atoms with Crippen molar-refractivity contribution >= 4 is 39.1 Å². The summed E-state index contributed by atoms with van der Waals surface area (Å²) < 4.78 is 47.9. The number of halogens is 1. The molecule has 2 aromatic carbocycles. The number of carboxylic acids is 1. The van der Waals surface area contributed by atoms with Crippen molar-refractivity contribution in [1.29, 1.82) is 0 Å². The van der Waals surface area contributed by atoms with Gasteiger partial charge in [-0.3, -0.25) is 4.79 Å². The molecule has 0 radical (unpaired) electrons. The van der Waals surface area contributed by atoms with Crippen LogP contribution in [-0.4, -0.2) is 56.3 Å². The fraction of sp³-hybridized carbons (Fsp3) is 0.435. The predicted octanol–water partition coefficient (Wildman–Crippen LogP) is 4.48. The number of sulfonamides is 1. The third-order valence-electron chi connectivity index (χ3n) is 5.73. The van der Waals surface area contributed by atoms with Crippen molar-refractivity contribution in [3.05, 3.63) is 47.8 Å². The number of nitrogens with zero attached hydrogens (tertiary/aromatic N) is 2. The lowest BCUT2D eigenvalue weighted by Gasteiger charge is -2.29. The highest BCUT2D eigenvalue weighted by molar-refractivity contribution is 7.99. The molecule has 0 aromatic heterocycles. The predicted molar refractivity (Wildman–Crippen MR) is 128 cm³/mol. The summed E-state index contributed by atoms with van der Waals surface area (Å²) in [7, 11) is -0.748. The Kier molecular flexibility index (Phi) is 8.25. The number of benzene rings is 2. The molecule has 1 atom stereocenters. The lowest BCUT2D eigenvalue weighted by molar-refractivity contribution is -0.133. The standard InChI is InChI=1S/C23H29FN2O5S2/c1-4-5-6-19-13-26(18-9-7-17(24)8-10-18)20-12-21(31-3)16(14-32-15-23(27)28)11-22(20)33(29,30)25(19)2/h7-12,19H,4-6,13-15H2,1-3H3,(H,27,28). The van der Waals surface area contributed by atoms with Gasteiger partial charge in [0.2, 0.25) is 10.0 Å². The number of thioether (sulfide) groups is 1. The molecule has 1 N–H and O–H groups in total. The highest BCUT2D eigenvalue weighted by Crippen LogP contribution is 2.42. The maximum atomic E-state index is 13.7. The third-order valence-corrected chi connectivity index (χ3v) is 8.64. The molecule has 0 saturated carbocycles. The van der Waals surface area contributed by atoms with Gasteiger partial charge in [-0.15, -0.1) is 11.8 Å². The van der Waals surface area contributed by atoms with Crippen molar-refractivity contribution in [2.45, 2.75) is 42.9 Å². The SMILES string of the molecule is CCCCC1CN(c2ccc(F)cc2)c2cc(OC)c(CSCC(=O)O)cc2S(=O)(=O)N1C. The number of carbonyl (C=O) groups is 1. The zero-order valence-corrected chi connectivity index (χ0v) is 20.6. The second-order valence-corrected chi connectivity index (χ2v) is 10.9. The summed E-state index contributed by atoms with van der Waals surface area (Å²) in [4.78, 5) is 12.9. The molecule has 0 fully saturated rings. The van der Waals surface area contributed by atoms with E-state index >= 15 is 0 Å². The number of ether oxygens (including phenoxy) is 1. The molecule has 0 spiro atoms. The van der Waals surface area contributed by atoms with E-state index in [2.05, 4.69) is 6.92 Å². The van der Waals surface area contributed by atoms with Crippen molar-refractivity contribution in [2.24, 2.45) is 0 Å². The van der Waals surface area contributed by atoms with Gasteiger partial charge < -0.3 is 14.7 Å². The summed E-state index contributed by atoms with van der Waals surface area (Å²) in [5.74, 6) is -0.652. The molecule has 2 aromatic rings. The smallest absolute Gasteiger partial charge is 0.313 e. The number of fused-ring (bicyclic) bond motifs is 1. The van der Waals surface area contributed by atoms with E-state index in [1.807, 2.05) is 4.90 Å². The fourth-order valence-electron chi connectivity index (χ4n) is 3.91. The van der Waals surface area contributed by atoms with Gasteiger partial charge in [-0.1, -0.05) is 19.8 Å². The van der Waals surface area contributed by atoms with Crippen molar-refractivity contribution in [2.75, 3.05) is 31.4 Å². The van der Waals surface area contributed by atoms with E-state index in [1.165, 1.54) is 35.3 Å². The minimum absolute atomic E-state index is 0.103. The molecule has 10 heteroatoms. The van der Waals surface area contributed by atoms with Gasteiger partial charge in [0.1, 0.15) is 16.5 Å². The number of carboxylic acid groups (broad SMARTS) is 1. The van der Waals surface area contributed by atoms with E-state index in [0.29, 0.717) is 35.7 Å². The molecule has 0 bridgehead atoms.